The summed E-state index contributed by atoms with van der Waals surface area (Å²) in [6, 6.07) is 16.6. The number of thiazole rings is 1. The summed E-state index contributed by atoms with van der Waals surface area (Å²) < 4.78 is 7.01. The number of ether oxygens (including phenoxy) is 1. The van der Waals surface area contributed by atoms with Crippen LogP contribution in [0.1, 0.15) is 16.1 Å². The second kappa shape index (κ2) is 6.94. The highest BCUT2D eigenvalue weighted by atomic mass is 32.1. The monoisotopic (exact) mass is 374 g/mol. The van der Waals surface area contributed by atoms with Crippen molar-refractivity contribution in [1.29, 1.82) is 5.26 Å². The summed E-state index contributed by atoms with van der Waals surface area (Å²) in [6.07, 6.45) is 1.83. The van der Waals surface area contributed by atoms with Gasteiger partial charge in [0.2, 0.25) is 0 Å². The molecule has 0 radical (unpaired) electrons. The first kappa shape index (κ1) is 16.8. The fourth-order valence-electron chi connectivity index (χ4n) is 2.74. The Morgan fingerprint density at radius 2 is 2.11 bits per heavy atom. The van der Waals surface area contributed by atoms with Crippen molar-refractivity contribution >= 4 is 27.9 Å². The molecule has 0 unspecified atom stereocenters. The molecule has 1 amide bonds. The number of nitriles is 1. The van der Waals surface area contributed by atoms with E-state index in [1.165, 1.54) is 11.3 Å². The van der Waals surface area contributed by atoms with Crippen LogP contribution in [0.4, 0.5) is 5.69 Å². The third kappa shape index (κ3) is 3.14. The van der Waals surface area contributed by atoms with E-state index in [0.29, 0.717) is 21.9 Å². The van der Waals surface area contributed by atoms with Crippen molar-refractivity contribution in [3.63, 3.8) is 0 Å². The minimum absolute atomic E-state index is 0.293. The Hall–Kier alpha value is -3.63. The Morgan fingerprint density at radius 1 is 1.26 bits per heavy atom. The van der Waals surface area contributed by atoms with Crippen LogP contribution in [-0.2, 0) is 0 Å². The molecule has 4 aromatic rings. The number of benzene rings is 2. The number of carbonyl (C=O) groups is 1. The third-order valence-electron chi connectivity index (χ3n) is 4.10. The van der Waals surface area contributed by atoms with Gasteiger partial charge in [0.25, 0.3) is 5.91 Å². The lowest BCUT2D eigenvalue weighted by atomic mass is 10.1. The van der Waals surface area contributed by atoms with Gasteiger partial charge in [-0.15, -0.1) is 11.3 Å². The maximum atomic E-state index is 12.7. The normalized spacial score (nSPS) is 10.5. The van der Waals surface area contributed by atoms with Crippen molar-refractivity contribution in [2.75, 3.05) is 12.4 Å². The first-order chi connectivity index (χ1) is 13.2. The zero-order chi connectivity index (χ0) is 18.8. The topological polar surface area (TPSA) is 79.4 Å². The molecule has 7 heteroatoms. The Morgan fingerprint density at radius 3 is 2.93 bits per heavy atom. The van der Waals surface area contributed by atoms with Crippen LogP contribution in [0.25, 0.3) is 16.2 Å². The van der Waals surface area contributed by atoms with Gasteiger partial charge in [-0.3, -0.25) is 9.20 Å². The van der Waals surface area contributed by atoms with Crippen molar-refractivity contribution < 1.29 is 9.53 Å². The molecule has 2 aromatic heterocycles. The summed E-state index contributed by atoms with van der Waals surface area (Å²) in [7, 11) is 1.62. The highest BCUT2D eigenvalue weighted by molar-refractivity contribution is 7.15. The van der Waals surface area contributed by atoms with E-state index in [4.69, 9.17) is 4.74 Å². The van der Waals surface area contributed by atoms with Crippen LogP contribution < -0.4 is 10.1 Å². The molecule has 0 fully saturated rings. The van der Waals surface area contributed by atoms with Gasteiger partial charge in [-0.05, 0) is 24.3 Å². The van der Waals surface area contributed by atoms with Crippen LogP contribution in [0.3, 0.4) is 0 Å². The molecule has 4 rings (SSSR count). The van der Waals surface area contributed by atoms with E-state index in [1.54, 1.807) is 41.2 Å². The van der Waals surface area contributed by atoms with Gasteiger partial charge in [-0.1, -0.05) is 24.3 Å². The predicted molar refractivity (Wildman–Crippen MR) is 104 cm³/mol. The molecule has 0 atom stereocenters. The average Bonchev–Trinajstić information content (AvgIpc) is 3.29. The molecule has 0 saturated carbocycles. The lowest BCUT2D eigenvalue weighted by molar-refractivity contribution is 0.102. The van der Waals surface area contributed by atoms with Gasteiger partial charge in [0.05, 0.1) is 24.1 Å². The highest BCUT2D eigenvalue weighted by Crippen LogP contribution is 2.27. The van der Waals surface area contributed by atoms with Crippen molar-refractivity contribution in [2.24, 2.45) is 0 Å². The molecule has 0 aliphatic rings. The molecular weight excluding hydrogens is 360 g/mol. The van der Waals surface area contributed by atoms with E-state index in [1.807, 2.05) is 30.5 Å². The number of hydrogen-bond donors (Lipinski definition) is 1. The van der Waals surface area contributed by atoms with Crippen molar-refractivity contribution in [1.82, 2.24) is 9.38 Å². The number of aromatic nitrogens is 2. The number of rotatable bonds is 4. The average molecular weight is 374 g/mol. The van der Waals surface area contributed by atoms with E-state index in [0.717, 1.165) is 17.0 Å². The van der Waals surface area contributed by atoms with Crippen LogP contribution in [0, 0.1) is 11.3 Å². The van der Waals surface area contributed by atoms with Crippen molar-refractivity contribution in [3.8, 4) is 23.1 Å². The van der Waals surface area contributed by atoms with Gasteiger partial charge in [0.15, 0.2) is 4.96 Å². The van der Waals surface area contributed by atoms with Gasteiger partial charge in [-0.2, -0.15) is 5.26 Å². The first-order valence-corrected chi connectivity index (χ1v) is 8.99. The molecule has 0 aliphatic carbocycles. The molecule has 6 nitrogen and oxygen atoms in total. The minimum Gasteiger partial charge on any atom is -0.497 e. The number of carbonyl (C=O) groups excluding carboxylic acids is 1. The van der Waals surface area contributed by atoms with Crippen LogP contribution in [-0.4, -0.2) is 22.4 Å². The number of hydrogen-bond acceptors (Lipinski definition) is 5. The summed E-state index contributed by atoms with van der Waals surface area (Å²) in [4.78, 5) is 18.0. The summed E-state index contributed by atoms with van der Waals surface area (Å²) in [5, 5.41) is 13.7. The van der Waals surface area contributed by atoms with Crippen molar-refractivity contribution in [2.45, 2.75) is 0 Å². The number of methoxy groups -OCH3 is 1. The number of imidazole rings is 1. The Bertz CT molecular complexity index is 1190. The van der Waals surface area contributed by atoms with Crippen LogP contribution in [0.5, 0.6) is 5.75 Å². The standard InChI is InChI=1S/C20H14N4O2S/c1-26-15-7-4-6-13(9-15)17-11-24-18(12-27-20(24)23-17)19(25)22-16-8-3-2-5-14(16)10-21/h2-9,11-12H,1H3,(H,22,25). The van der Waals surface area contributed by atoms with Crippen LogP contribution in [0.15, 0.2) is 60.1 Å². The maximum absolute atomic E-state index is 12.7. The van der Waals surface area contributed by atoms with Crippen LogP contribution >= 0.6 is 11.3 Å². The molecule has 27 heavy (non-hydrogen) atoms. The molecule has 0 spiro atoms. The Kier molecular flexibility index (Phi) is 4.32. The van der Waals surface area contributed by atoms with E-state index in [2.05, 4.69) is 16.4 Å². The highest BCUT2D eigenvalue weighted by Gasteiger charge is 2.16. The Balaban J connectivity index is 1.68. The van der Waals surface area contributed by atoms with Gasteiger partial charge >= 0.3 is 0 Å². The summed E-state index contributed by atoms with van der Waals surface area (Å²) in [5.74, 6) is 0.452. The van der Waals surface area contributed by atoms with E-state index in [9.17, 15) is 10.1 Å². The maximum Gasteiger partial charge on any atom is 0.273 e. The number of anilines is 1. The summed E-state index contributed by atoms with van der Waals surface area (Å²) in [6.45, 7) is 0. The van der Waals surface area contributed by atoms with Crippen LogP contribution in [0.2, 0.25) is 0 Å². The molecular formula is C20H14N4O2S. The molecule has 0 bridgehead atoms. The number of nitrogens with zero attached hydrogens (tertiary/aromatic N) is 3. The molecule has 2 aromatic carbocycles. The van der Waals surface area contributed by atoms with Gasteiger partial charge < -0.3 is 10.1 Å². The van der Waals surface area contributed by atoms with Gasteiger partial charge in [0.1, 0.15) is 17.5 Å². The first-order valence-electron chi connectivity index (χ1n) is 8.11. The molecule has 0 saturated heterocycles. The summed E-state index contributed by atoms with van der Waals surface area (Å²) in [5.41, 5.74) is 3.03. The minimum atomic E-state index is -0.293. The smallest absolute Gasteiger partial charge is 0.273 e. The Labute approximate surface area is 159 Å². The molecule has 0 aliphatic heterocycles. The van der Waals surface area contributed by atoms with Gasteiger partial charge in [0, 0.05) is 17.1 Å². The number of fused-ring (bicyclic) bond motifs is 1. The quantitative estimate of drug-likeness (QED) is 0.581. The SMILES string of the molecule is COc1cccc(-c2cn3c(C(=O)Nc4ccccc4C#N)csc3n2)c1. The van der Waals surface area contributed by atoms with Crippen molar-refractivity contribution in [3.05, 3.63) is 71.4 Å². The molecule has 2 heterocycles. The third-order valence-corrected chi connectivity index (χ3v) is 4.94. The number of nitrogens with one attached hydrogen (secondary N) is 1. The van der Waals surface area contributed by atoms with E-state index in [-0.39, 0.29) is 5.91 Å². The fraction of sp³-hybridized carbons (Fsp3) is 0.0500. The predicted octanol–water partition coefficient (Wildman–Crippen LogP) is 4.20. The zero-order valence-electron chi connectivity index (χ0n) is 14.3. The summed E-state index contributed by atoms with van der Waals surface area (Å²) >= 11 is 1.38. The molecule has 132 valence electrons. The van der Waals surface area contributed by atoms with E-state index < -0.39 is 0 Å². The number of amides is 1. The lowest BCUT2D eigenvalue weighted by Crippen LogP contribution is -2.14. The lowest BCUT2D eigenvalue weighted by Gasteiger charge is -2.06. The second-order valence-corrected chi connectivity index (χ2v) is 6.58. The zero-order valence-corrected chi connectivity index (χ0v) is 15.2. The molecule has 1 N–H and O–H groups in total. The van der Waals surface area contributed by atoms with E-state index >= 15 is 0 Å². The largest absolute Gasteiger partial charge is 0.497 e. The number of para-hydroxylation sites is 1. The fourth-order valence-corrected chi connectivity index (χ4v) is 3.60. The second-order valence-electron chi connectivity index (χ2n) is 5.74. The van der Waals surface area contributed by atoms with Gasteiger partial charge in [-0.25, -0.2) is 4.98 Å².